The first-order chi connectivity index (χ1) is 12.0. The second kappa shape index (κ2) is 6.80. The number of hydrogen-bond acceptors (Lipinski definition) is 3. The molecule has 0 aliphatic carbocycles. The van der Waals surface area contributed by atoms with Gasteiger partial charge >= 0.3 is 6.61 Å². The summed E-state index contributed by atoms with van der Waals surface area (Å²) in [6, 6.07) is 11.5. The average molecular weight is 346 g/mol. The van der Waals surface area contributed by atoms with Gasteiger partial charge in [0.1, 0.15) is 0 Å². The second-order valence-corrected chi connectivity index (χ2v) is 5.45. The first-order valence-electron chi connectivity index (χ1n) is 7.50. The number of amides is 1. The largest absolute Gasteiger partial charge is 0.493 e. The van der Waals surface area contributed by atoms with Crippen LogP contribution in [0.15, 0.2) is 42.5 Å². The first-order valence-corrected chi connectivity index (χ1v) is 7.50. The van der Waals surface area contributed by atoms with Crippen molar-refractivity contribution in [2.24, 2.45) is 0 Å². The third-order valence-electron chi connectivity index (χ3n) is 3.66. The maximum Gasteiger partial charge on any atom is 0.387 e. The number of alkyl halides is 2. The Morgan fingerprint density at radius 1 is 1.12 bits per heavy atom. The molecule has 5 nitrogen and oxygen atoms in total. The molecule has 7 heteroatoms. The highest BCUT2D eigenvalue weighted by atomic mass is 19.3. The molecule has 2 N–H and O–H groups in total. The molecule has 0 bridgehead atoms. The van der Waals surface area contributed by atoms with Gasteiger partial charge in [-0.25, -0.2) is 0 Å². The van der Waals surface area contributed by atoms with Crippen molar-refractivity contribution in [1.82, 2.24) is 4.98 Å². The summed E-state index contributed by atoms with van der Waals surface area (Å²) in [6.45, 7) is -1.06. The molecule has 0 atom stereocenters. The van der Waals surface area contributed by atoms with Crippen LogP contribution in [0.4, 0.5) is 14.5 Å². The van der Waals surface area contributed by atoms with Crippen LogP contribution in [0, 0.1) is 6.92 Å². The zero-order valence-corrected chi connectivity index (χ0v) is 13.6. The van der Waals surface area contributed by atoms with Crippen molar-refractivity contribution in [2.45, 2.75) is 13.5 Å². The highest BCUT2D eigenvalue weighted by Crippen LogP contribution is 2.30. The molecular formula is C18H16F2N2O3. The summed E-state index contributed by atoms with van der Waals surface area (Å²) >= 11 is 0. The molecule has 0 saturated heterocycles. The minimum Gasteiger partial charge on any atom is -0.493 e. The van der Waals surface area contributed by atoms with Gasteiger partial charge in [-0.05, 0) is 49.4 Å². The van der Waals surface area contributed by atoms with Gasteiger partial charge in [0, 0.05) is 27.8 Å². The van der Waals surface area contributed by atoms with Gasteiger partial charge < -0.3 is 19.8 Å². The number of aromatic nitrogens is 1. The van der Waals surface area contributed by atoms with Crippen molar-refractivity contribution < 1.29 is 23.0 Å². The van der Waals surface area contributed by atoms with E-state index in [9.17, 15) is 13.6 Å². The van der Waals surface area contributed by atoms with E-state index in [4.69, 9.17) is 4.74 Å². The maximum absolute atomic E-state index is 12.5. The van der Waals surface area contributed by atoms with Gasteiger partial charge in [0.2, 0.25) is 0 Å². The number of nitrogens with one attached hydrogen (secondary N) is 2. The van der Waals surface area contributed by atoms with Gasteiger partial charge in [-0.1, -0.05) is 0 Å². The van der Waals surface area contributed by atoms with E-state index in [0.717, 1.165) is 16.6 Å². The minimum absolute atomic E-state index is 0.126. The van der Waals surface area contributed by atoms with Gasteiger partial charge in [0.15, 0.2) is 11.5 Å². The molecule has 0 spiro atoms. The van der Waals surface area contributed by atoms with Crippen molar-refractivity contribution in [3.8, 4) is 11.5 Å². The lowest BCUT2D eigenvalue weighted by molar-refractivity contribution is -0.0512. The number of rotatable bonds is 5. The fourth-order valence-electron chi connectivity index (χ4n) is 2.56. The molecule has 3 rings (SSSR count). The number of fused-ring (bicyclic) bond motifs is 1. The lowest BCUT2D eigenvalue weighted by Crippen LogP contribution is -2.12. The van der Waals surface area contributed by atoms with E-state index in [2.05, 4.69) is 15.0 Å². The topological polar surface area (TPSA) is 63.3 Å². The van der Waals surface area contributed by atoms with Gasteiger partial charge in [0.25, 0.3) is 5.91 Å². The summed E-state index contributed by atoms with van der Waals surface area (Å²) in [5.74, 6) is -0.503. The van der Waals surface area contributed by atoms with E-state index in [1.807, 2.05) is 25.1 Å². The number of aromatic amines is 1. The highest BCUT2D eigenvalue weighted by molar-refractivity contribution is 6.05. The Labute approximate surface area is 142 Å². The molecule has 130 valence electrons. The molecule has 25 heavy (non-hydrogen) atoms. The van der Waals surface area contributed by atoms with E-state index in [-0.39, 0.29) is 17.1 Å². The maximum atomic E-state index is 12.5. The monoisotopic (exact) mass is 346 g/mol. The van der Waals surface area contributed by atoms with E-state index >= 15 is 0 Å². The van der Waals surface area contributed by atoms with Crippen molar-refractivity contribution in [3.63, 3.8) is 0 Å². The summed E-state index contributed by atoms with van der Waals surface area (Å²) in [5, 5.41) is 3.71. The molecule has 0 saturated carbocycles. The predicted octanol–water partition coefficient (Wildman–Crippen LogP) is 4.34. The number of carbonyl (C=O) groups is 1. The zero-order chi connectivity index (χ0) is 18.0. The number of H-pyrrole nitrogens is 1. The van der Waals surface area contributed by atoms with Crippen LogP contribution in [0.3, 0.4) is 0 Å². The summed E-state index contributed by atoms with van der Waals surface area (Å²) in [4.78, 5) is 15.6. The Morgan fingerprint density at radius 2 is 1.92 bits per heavy atom. The van der Waals surface area contributed by atoms with Crippen LogP contribution in [0.5, 0.6) is 11.5 Å². The highest BCUT2D eigenvalue weighted by Gasteiger charge is 2.15. The fraction of sp³-hybridized carbons (Fsp3) is 0.167. The van der Waals surface area contributed by atoms with Gasteiger partial charge in [-0.2, -0.15) is 8.78 Å². The van der Waals surface area contributed by atoms with E-state index in [1.54, 1.807) is 6.07 Å². The third kappa shape index (κ3) is 3.71. The summed E-state index contributed by atoms with van der Waals surface area (Å²) in [7, 11) is 1.33. The number of halogens is 2. The molecule has 0 unspecified atom stereocenters. The van der Waals surface area contributed by atoms with Gasteiger partial charge in [-0.15, -0.1) is 0 Å². The predicted molar refractivity (Wildman–Crippen MR) is 90.6 cm³/mol. The Balaban J connectivity index is 1.84. The van der Waals surface area contributed by atoms with Crippen molar-refractivity contribution in [1.29, 1.82) is 0 Å². The van der Waals surface area contributed by atoms with Gasteiger partial charge in [-0.3, -0.25) is 4.79 Å². The normalized spacial score (nSPS) is 10.9. The number of ether oxygens (including phenoxy) is 2. The average Bonchev–Trinajstić information content (AvgIpc) is 2.93. The van der Waals surface area contributed by atoms with Crippen LogP contribution < -0.4 is 14.8 Å². The molecule has 0 radical (unpaired) electrons. The molecule has 1 amide bonds. The molecular weight excluding hydrogens is 330 g/mol. The molecule has 1 aromatic heterocycles. The van der Waals surface area contributed by atoms with Gasteiger partial charge in [0.05, 0.1) is 7.11 Å². The number of benzene rings is 2. The standard InChI is InChI=1S/C18H16F2N2O3/c1-10-7-12-8-13(4-5-14(12)21-10)22-17(23)11-3-6-15(24-2)16(9-11)25-18(19)20/h3-9,18,21H,1-2H3,(H,22,23). The van der Waals surface area contributed by atoms with Crippen LogP contribution in [-0.2, 0) is 0 Å². The Morgan fingerprint density at radius 3 is 2.64 bits per heavy atom. The number of methoxy groups -OCH3 is 1. The Kier molecular flexibility index (Phi) is 4.56. The second-order valence-electron chi connectivity index (χ2n) is 5.45. The van der Waals surface area contributed by atoms with E-state index < -0.39 is 12.5 Å². The Hall–Kier alpha value is -3.09. The van der Waals surface area contributed by atoms with E-state index in [1.165, 1.54) is 25.3 Å². The number of hydrogen-bond donors (Lipinski definition) is 2. The molecule has 0 fully saturated rings. The molecule has 2 aromatic carbocycles. The summed E-state index contributed by atoms with van der Waals surface area (Å²) in [5.41, 5.74) is 2.76. The summed E-state index contributed by atoms with van der Waals surface area (Å²) in [6.07, 6.45) is 0. The number of carbonyl (C=O) groups excluding carboxylic acids is 1. The minimum atomic E-state index is -3.01. The van der Waals surface area contributed by atoms with Crippen LogP contribution in [0.1, 0.15) is 16.1 Å². The SMILES string of the molecule is COc1ccc(C(=O)Nc2ccc3[nH]c(C)cc3c2)cc1OC(F)F. The van der Waals surface area contributed by atoms with Crippen LogP contribution in [0.2, 0.25) is 0 Å². The molecule has 0 aliphatic heterocycles. The lowest BCUT2D eigenvalue weighted by atomic mass is 10.1. The summed E-state index contributed by atoms with van der Waals surface area (Å²) < 4.78 is 34.3. The molecule has 0 aliphatic rings. The van der Waals surface area contributed by atoms with Crippen LogP contribution in [0.25, 0.3) is 10.9 Å². The number of anilines is 1. The van der Waals surface area contributed by atoms with Crippen LogP contribution >= 0.6 is 0 Å². The first kappa shape index (κ1) is 16.8. The molecule has 1 heterocycles. The third-order valence-corrected chi connectivity index (χ3v) is 3.66. The van der Waals surface area contributed by atoms with Crippen LogP contribution in [-0.4, -0.2) is 24.6 Å². The lowest BCUT2D eigenvalue weighted by Gasteiger charge is -2.12. The quantitative estimate of drug-likeness (QED) is 0.722. The fourth-order valence-corrected chi connectivity index (χ4v) is 2.56. The van der Waals surface area contributed by atoms with E-state index in [0.29, 0.717) is 5.69 Å². The smallest absolute Gasteiger partial charge is 0.387 e. The Bertz CT molecular complexity index is 922. The molecule has 3 aromatic rings. The zero-order valence-electron chi connectivity index (χ0n) is 13.6. The number of aryl methyl sites for hydroxylation is 1. The van der Waals surface area contributed by atoms with Crippen molar-refractivity contribution in [2.75, 3.05) is 12.4 Å². The van der Waals surface area contributed by atoms with Crippen molar-refractivity contribution >= 4 is 22.5 Å². The van der Waals surface area contributed by atoms with Crippen molar-refractivity contribution in [3.05, 3.63) is 53.7 Å².